The molecule has 172 valence electrons. The number of rotatable bonds is 7. The second-order valence-corrected chi connectivity index (χ2v) is 8.92. The lowest BCUT2D eigenvalue weighted by Crippen LogP contribution is -2.31. The largest absolute Gasteiger partial charge is 0.619 e. The number of benzene rings is 2. The summed E-state index contributed by atoms with van der Waals surface area (Å²) in [6.45, 7) is 6.58. The first kappa shape index (κ1) is 23.0. The molecule has 1 fully saturated rings. The number of aliphatic hydroxyl groups is 1. The monoisotopic (exact) mass is 445 g/mol. The predicted molar refractivity (Wildman–Crippen MR) is 129 cm³/mol. The summed E-state index contributed by atoms with van der Waals surface area (Å²) in [6.07, 6.45) is 3.12. The maximum absolute atomic E-state index is 13.0. The highest BCUT2D eigenvalue weighted by Crippen LogP contribution is 2.27. The van der Waals surface area contributed by atoms with E-state index in [4.69, 9.17) is 0 Å². The molecule has 33 heavy (non-hydrogen) atoms. The second-order valence-electron chi connectivity index (χ2n) is 8.92. The van der Waals surface area contributed by atoms with E-state index in [1.54, 1.807) is 19.1 Å². The molecule has 6 heteroatoms. The summed E-state index contributed by atoms with van der Waals surface area (Å²) in [7, 11) is 0. The fraction of sp³-hybridized carbons (Fsp3) is 0.333. The van der Waals surface area contributed by atoms with Crippen LogP contribution in [0.5, 0.6) is 0 Å². The van der Waals surface area contributed by atoms with Crippen molar-refractivity contribution in [2.45, 2.75) is 39.3 Å². The number of amides is 1. The van der Waals surface area contributed by atoms with Crippen LogP contribution in [0.1, 0.15) is 51.7 Å². The number of pyridine rings is 1. The molecule has 6 nitrogen and oxygen atoms in total. The molecule has 2 heterocycles. The van der Waals surface area contributed by atoms with Gasteiger partial charge in [0.2, 0.25) is 0 Å². The first-order valence-corrected chi connectivity index (χ1v) is 11.5. The van der Waals surface area contributed by atoms with Gasteiger partial charge in [-0.25, -0.2) is 0 Å². The minimum absolute atomic E-state index is 0.239. The molecule has 1 aliphatic heterocycles. The molecule has 0 aliphatic carbocycles. The minimum atomic E-state index is -0.670. The Bertz CT molecular complexity index is 1120. The van der Waals surface area contributed by atoms with Crippen LogP contribution in [0.2, 0.25) is 0 Å². The average molecular weight is 446 g/mol. The summed E-state index contributed by atoms with van der Waals surface area (Å²) in [5.41, 5.74) is 5.61. The molecule has 4 rings (SSSR count). The van der Waals surface area contributed by atoms with Gasteiger partial charge in [-0.1, -0.05) is 29.8 Å². The number of nitrogens with zero attached hydrogens (tertiary/aromatic N) is 2. The molecule has 2 aromatic carbocycles. The second kappa shape index (κ2) is 10.1. The fourth-order valence-electron chi connectivity index (χ4n) is 4.19. The third-order valence-electron chi connectivity index (χ3n) is 6.24. The van der Waals surface area contributed by atoms with Gasteiger partial charge in [-0.3, -0.25) is 4.79 Å². The van der Waals surface area contributed by atoms with Crippen LogP contribution in [0.25, 0.3) is 11.1 Å². The third-order valence-corrected chi connectivity index (χ3v) is 6.24. The third kappa shape index (κ3) is 5.78. The summed E-state index contributed by atoms with van der Waals surface area (Å²) in [5.74, 6) is -0.239. The van der Waals surface area contributed by atoms with Gasteiger partial charge in [-0.05, 0) is 73.8 Å². The smallest absolute Gasteiger partial charge is 0.251 e. The fourth-order valence-corrected chi connectivity index (χ4v) is 4.19. The Kier molecular flexibility index (Phi) is 7.06. The molecule has 2 N–H and O–H groups in total. The predicted octanol–water partition coefficient (Wildman–Crippen LogP) is 3.66. The lowest BCUT2D eigenvalue weighted by Gasteiger charge is -2.21. The maximum atomic E-state index is 13.0. The molecule has 0 saturated carbocycles. The van der Waals surface area contributed by atoms with Gasteiger partial charge in [0.25, 0.3) is 5.91 Å². The van der Waals surface area contributed by atoms with Gasteiger partial charge in [-0.2, -0.15) is 4.73 Å². The van der Waals surface area contributed by atoms with Gasteiger partial charge >= 0.3 is 0 Å². The number of aromatic nitrogens is 1. The number of hydrogen-bond donors (Lipinski definition) is 2. The van der Waals surface area contributed by atoms with E-state index < -0.39 is 6.10 Å². The van der Waals surface area contributed by atoms with Crippen molar-refractivity contribution >= 4 is 5.91 Å². The maximum Gasteiger partial charge on any atom is 0.251 e. The number of carbonyl (C=O) groups excluding carboxylic acids is 1. The highest BCUT2D eigenvalue weighted by atomic mass is 16.5. The number of aliphatic hydroxyl groups excluding tert-OH is 1. The molecule has 1 aromatic heterocycles. The highest BCUT2D eigenvalue weighted by Gasteiger charge is 2.19. The van der Waals surface area contributed by atoms with E-state index in [9.17, 15) is 15.1 Å². The summed E-state index contributed by atoms with van der Waals surface area (Å²) in [5, 5.41) is 25.7. The highest BCUT2D eigenvalue weighted by molar-refractivity contribution is 5.95. The van der Waals surface area contributed by atoms with Gasteiger partial charge in [-0.15, -0.1) is 0 Å². The molecule has 0 bridgehead atoms. The standard InChI is InChI=1S/C27H31N3O3/c1-19-5-9-22(10-6-19)23-13-24(26(31)18-29-11-3-4-12-29)15-25(14-23)27(32)28-16-21-8-7-20(2)30(33)17-21/h5-10,13-15,17,26,31H,3-4,11-12,16,18H2,1-2H3,(H,28,32). The van der Waals surface area contributed by atoms with Gasteiger partial charge in [0.15, 0.2) is 11.9 Å². The van der Waals surface area contributed by atoms with Crippen molar-refractivity contribution in [3.8, 4) is 11.1 Å². The first-order chi connectivity index (χ1) is 15.9. The lowest BCUT2D eigenvalue weighted by atomic mass is 9.96. The van der Waals surface area contributed by atoms with E-state index >= 15 is 0 Å². The van der Waals surface area contributed by atoms with E-state index in [1.165, 1.54) is 6.20 Å². The Morgan fingerprint density at radius 1 is 1.06 bits per heavy atom. The Labute approximate surface area is 195 Å². The quantitative estimate of drug-likeness (QED) is 0.430. The normalized spacial score (nSPS) is 14.9. The van der Waals surface area contributed by atoms with E-state index in [1.807, 2.05) is 49.4 Å². The van der Waals surface area contributed by atoms with Gasteiger partial charge in [0, 0.05) is 37.2 Å². The van der Waals surface area contributed by atoms with Crippen LogP contribution in [0.4, 0.5) is 0 Å². The zero-order valence-corrected chi connectivity index (χ0v) is 19.3. The molecule has 0 radical (unpaired) electrons. The number of β-amino-alcohol motifs (C(OH)–C–C–N with tert-alkyl or cyclic N) is 1. The molecular weight excluding hydrogens is 414 g/mol. The summed E-state index contributed by atoms with van der Waals surface area (Å²) in [6, 6.07) is 17.3. The summed E-state index contributed by atoms with van der Waals surface area (Å²) >= 11 is 0. The van der Waals surface area contributed by atoms with Crippen molar-refractivity contribution in [2.24, 2.45) is 0 Å². The SMILES string of the molecule is Cc1ccc(-c2cc(C(=O)NCc3ccc(C)[n+]([O-])c3)cc(C(O)CN3CCCC3)c2)cc1. The van der Waals surface area contributed by atoms with Crippen LogP contribution in [0, 0.1) is 19.1 Å². The first-order valence-electron chi connectivity index (χ1n) is 11.5. The Morgan fingerprint density at radius 3 is 2.48 bits per heavy atom. The van der Waals surface area contributed by atoms with Crippen molar-refractivity contribution in [1.82, 2.24) is 10.2 Å². The zero-order chi connectivity index (χ0) is 23.4. The Hall–Kier alpha value is -3.22. The molecule has 3 aromatic rings. The van der Waals surface area contributed by atoms with Crippen molar-refractivity contribution in [1.29, 1.82) is 0 Å². The zero-order valence-electron chi connectivity index (χ0n) is 19.3. The number of hydrogen-bond acceptors (Lipinski definition) is 4. The minimum Gasteiger partial charge on any atom is -0.619 e. The molecule has 1 aliphatic rings. The molecule has 1 atom stereocenters. The van der Waals surface area contributed by atoms with Crippen LogP contribution in [0.3, 0.4) is 0 Å². The van der Waals surface area contributed by atoms with E-state index in [2.05, 4.69) is 10.2 Å². The van der Waals surface area contributed by atoms with Gasteiger partial charge in [0.05, 0.1) is 6.10 Å². The molecule has 0 spiro atoms. The summed E-state index contributed by atoms with van der Waals surface area (Å²) < 4.78 is 0.798. The van der Waals surface area contributed by atoms with E-state index in [0.717, 1.165) is 58.5 Å². The van der Waals surface area contributed by atoms with Crippen molar-refractivity contribution in [2.75, 3.05) is 19.6 Å². The van der Waals surface area contributed by atoms with E-state index in [-0.39, 0.29) is 12.5 Å². The summed E-state index contributed by atoms with van der Waals surface area (Å²) in [4.78, 5) is 15.3. The molecule has 1 amide bonds. The number of nitrogens with one attached hydrogen (secondary N) is 1. The number of carbonyl (C=O) groups is 1. The van der Waals surface area contributed by atoms with Gasteiger partial charge in [0.1, 0.15) is 0 Å². The Balaban J connectivity index is 1.59. The van der Waals surface area contributed by atoms with Crippen molar-refractivity contribution < 1.29 is 14.6 Å². The van der Waals surface area contributed by atoms with Gasteiger partial charge < -0.3 is 20.5 Å². The van der Waals surface area contributed by atoms with Crippen molar-refractivity contribution in [3.05, 3.63) is 93.9 Å². The average Bonchev–Trinajstić information content (AvgIpc) is 3.33. The topological polar surface area (TPSA) is 79.5 Å². The van der Waals surface area contributed by atoms with E-state index in [0.29, 0.717) is 17.8 Å². The van der Waals surface area contributed by atoms with Crippen LogP contribution in [0.15, 0.2) is 60.8 Å². The lowest BCUT2D eigenvalue weighted by molar-refractivity contribution is -0.612. The molecular formula is C27H31N3O3. The molecule has 1 saturated heterocycles. The number of aryl methyl sites for hydroxylation is 2. The number of likely N-dealkylation sites (tertiary alicyclic amines) is 1. The molecule has 1 unspecified atom stereocenters. The van der Waals surface area contributed by atoms with Crippen LogP contribution in [-0.4, -0.2) is 35.5 Å². The Morgan fingerprint density at radius 2 is 1.79 bits per heavy atom. The van der Waals surface area contributed by atoms with Crippen LogP contribution >= 0.6 is 0 Å². The van der Waals surface area contributed by atoms with Crippen LogP contribution < -0.4 is 10.0 Å². The van der Waals surface area contributed by atoms with Crippen LogP contribution in [-0.2, 0) is 6.54 Å². The van der Waals surface area contributed by atoms with Crippen molar-refractivity contribution in [3.63, 3.8) is 0 Å².